The second-order valence-corrected chi connectivity index (χ2v) is 8.12. The van der Waals surface area contributed by atoms with Gasteiger partial charge in [-0.05, 0) is 37.1 Å². The number of carbonyl (C=O) groups is 1. The highest BCUT2D eigenvalue weighted by Crippen LogP contribution is 2.24. The third kappa shape index (κ3) is 5.60. The van der Waals surface area contributed by atoms with Crippen LogP contribution in [0.3, 0.4) is 0 Å². The highest BCUT2D eigenvalue weighted by Gasteiger charge is 2.18. The number of nitrogens with zero attached hydrogens (tertiary/aromatic N) is 3. The number of para-hydroxylation sites is 2. The molecule has 0 aliphatic heterocycles. The highest BCUT2D eigenvalue weighted by atomic mass is 32.2. The van der Waals surface area contributed by atoms with Gasteiger partial charge in [-0.2, -0.15) is 0 Å². The molecule has 1 amide bonds. The van der Waals surface area contributed by atoms with Gasteiger partial charge in [0.1, 0.15) is 6.61 Å². The summed E-state index contributed by atoms with van der Waals surface area (Å²) in [7, 11) is 0. The number of hydrogen-bond donors (Lipinski definition) is 1. The van der Waals surface area contributed by atoms with Crippen molar-refractivity contribution in [2.24, 2.45) is 5.92 Å². The number of aromatic nitrogens is 3. The van der Waals surface area contributed by atoms with E-state index < -0.39 is 5.82 Å². The predicted octanol–water partition coefficient (Wildman–Crippen LogP) is 4.24. The number of nitrogens with one attached hydrogen (secondary N) is 1. The molecule has 0 aliphatic carbocycles. The van der Waals surface area contributed by atoms with Crippen molar-refractivity contribution >= 4 is 17.7 Å². The molecule has 1 atom stereocenters. The molecule has 0 saturated carbocycles. The molecule has 2 aromatic carbocycles. The van der Waals surface area contributed by atoms with Crippen LogP contribution < -0.4 is 10.1 Å². The molecule has 0 fully saturated rings. The molecule has 0 aliphatic rings. The molecule has 1 N–H and O–H groups in total. The molecule has 3 aromatic rings. The normalized spacial score (nSPS) is 12.0. The first-order valence-electron chi connectivity index (χ1n) is 9.75. The van der Waals surface area contributed by atoms with Crippen LogP contribution in [0.1, 0.15) is 26.6 Å². The fraction of sp³-hybridized carbons (Fsp3) is 0.318. The topological polar surface area (TPSA) is 69.0 Å². The Morgan fingerprint density at radius 3 is 2.50 bits per heavy atom. The number of benzene rings is 2. The van der Waals surface area contributed by atoms with Gasteiger partial charge in [-0.25, -0.2) is 4.39 Å². The maximum atomic E-state index is 13.9. The van der Waals surface area contributed by atoms with E-state index in [4.69, 9.17) is 4.74 Å². The lowest BCUT2D eigenvalue weighted by atomic mass is 10.1. The largest absolute Gasteiger partial charge is 0.483 e. The Labute approximate surface area is 179 Å². The van der Waals surface area contributed by atoms with Crippen LogP contribution in [-0.2, 0) is 11.4 Å². The molecule has 6 nitrogen and oxygen atoms in total. The molecule has 158 valence electrons. The Bertz CT molecular complexity index is 978. The lowest BCUT2D eigenvalue weighted by molar-refractivity contribution is -0.119. The molecule has 30 heavy (non-hydrogen) atoms. The molecule has 0 bridgehead atoms. The smallest absolute Gasteiger partial charge is 0.230 e. The maximum Gasteiger partial charge on any atom is 0.230 e. The number of thioether (sulfide) groups is 1. The van der Waals surface area contributed by atoms with E-state index in [1.807, 2.05) is 41.8 Å². The van der Waals surface area contributed by atoms with Gasteiger partial charge in [0.15, 0.2) is 22.5 Å². The molecule has 0 unspecified atom stereocenters. The third-order valence-electron chi connectivity index (χ3n) is 4.63. The van der Waals surface area contributed by atoms with Crippen molar-refractivity contribution in [3.63, 3.8) is 0 Å². The van der Waals surface area contributed by atoms with Crippen LogP contribution in [-0.4, -0.2) is 32.5 Å². The van der Waals surface area contributed by atoms with Crippen LogP contribution in [0.25, 0.3) is 5.69 Å². The van der Waals surface area contributed by atoms with Gasteiger partial charge in [0, 0.05) is 11.7 Å². The van der Waals surface area contributed by atoms with Crippen molar-refractivity contribution < 1.29 is 13.9 Å². The quantitative estimate of drug-likeness (QED) is 0.517. The standard InChI is InChI=1S/C22H25FN4O2S/c1-15(2)16(3)24-21(28)14-30-22-26-25-20(27(22)17-9-5-4-6-10-17)13-29-19-12-8-7-11-18(19)23/h4-12,15-16H,13-14H2,1-3H3,(H,24,28)/t16-/m0/s1. The zero-order valence-corrected chi connectivity index (χ0v) is 18.0. The van der Waals surface area contributed by atoms with Crippen LogP contribution in [0.15, 0.2) is 59.8 Å². The molecule has 8 heteroatoms. The maximum absolute atomic E-state index is 13.9. The summed E-state index contributed by atoms with van der Waals surface area (Å²) in [4.78, 5) is 12.3. The van der Waals surface area contributed by atoms with E-state index in [1.54, 1.807) is 18.2 Å². The monoisotopic (exact) mass is 428 g/mol. The Balaban J connectivity index is 1.77. The van der Waals surface area contributed by atoms with Crippen LogP contribution in [0.2, 0.25) is 0 Å². The van der Waals surface area contributed by atoms with Crippen molar-refractivity contribution in [2.75, 3.05) is 5.75 Å². The fourth-order valence-electron chi connectivity index (χ4n) is 2.62. The van der Waals surface area contributed by atoms with E-state index >= 15 is 0 Å². The second kappa shape index (κ2) is 10.2. The lowest BCUT2D eigenvalue weighted by Crippen LogP contribution is -2.37. The van der Waals surface area contributed by atoms with Gasteiger partial charge in [-0.1, -0.05) is 55.9 Å². The van der Waals surface area contributed by atoms with Gasteiger partial charge in [0.25, 0.3) is 0 Å². The number of rotatable bonds is 9. The molecule has 0 saturated heterocycles. The van der Waals surface area contributed by atoms with Crippen LogP contribution in [0.5, 0.6) is 5.75 Å². The van der Waals surface area contributed by atoms with E-state index in [-0.39, 0.29) is 30.1 Å². The first-order chi connectivity index (χ1) is 14.5. The molecule has 1 aromatic heterocycles. The number of ether oxygens (including phenoxy) is 1. The van der Waals surface area contributed by atoms with Crippen molar-refractivity contribution in [3.8, 4) is 11.4 Å². The van der Waals surface area contributed by atoms with Gasteiger partial charge in [0.05, 0.1) is 5.75 Å². The number of amides is 1. The molecular formula is C22H25FN4O2S. The van der Waals surface area contributed by atoms with Crippen molar-refractivity contribution in [1.82, 2.24) is 20.1 Å². The van der Waals surface area contributed by atoms with E-state index in [2.05, 4.69) is 29.4 Å². The van der Waals surface area contributed by atoms with E-state index in [0.29, 0.717) is 16.9 Å². The van der Waals surface area contributed by atoms with E-state index in [1.165, 1.54) is 17.8 Å². The SMILES string of the molecule is CC(C)[C@H](C)NC(=O)CSc1nnc(COc2ccccc2F)n1-c1ccccc1. The zero-order chi connectivity index (χ0) is 21.5. The van der Waals surface area contributed by atoms with Crippen molar-refractivity contribution in [2.45, 2.75) is 38.6 Å². The Morgan fingerprint density at radius 1 is 1.10 bits per heavy atom. The molecule has 3 rings (SSSR count). The van der Waals surface area contributed by atoms with Crippen LogP contribution >= 0.6 is 11.8 Å². The Kier molecular flexibility index (Phi) is 7.46. The Hall–Kier alpha value is -2.87. The summed E-state index contributed by atoms with van der Waals surface area (Å²) in [6, 6.07) is 15.9. The third-order valence-corrected chi connectivity index (χ3v) is 5.56. The highest BCUT2D eigenvalue weighted by molar-refractivity contribution is 7.99. The van der Waals surface area contributed by atoms with Gasteiger partial charge >= 0.3 is 0 Å². The average molecular weight is 429 g/mol. The summed E-state index contributed by atoms with van der Waals surface area (Å²) in [6.07, 6.45) is 0. The van der Waals surface area contributed by atoms with Gasteiger partial charge < -0.3 is 10.1 Å². The molecule has 0 spiro atoms. The van der Waals surface area contributed by atoms with Crippen LogP contribution in [0, 0.1) is 11.7 Å². The summed E-state index contributed by atoms with van der Waals surface area (Å²) in [5, 5.41) is 12.0. The molecule has 1 heterocycles. The molecular weight excluding hydrogens is 403 g/mol. The minimum absolute atomic E-state index is 0.0416. The van der Waals surface area contributed by atoms with E-state index in [0.717, 1.165) is 5.69 Å². The fourth-order valence-corrected chi connectivity index (χ4v) is 3.40. The Morgan fingerprint density at radius 2 is 1.80 bits per heavy atom. The summed E-state index contributed by atoms with van der Waals surface area (Å²) >= 11 is 1.30. The van der Waals surface area contributed by atoms with Crippen molar-refractivity contribution in [1.29, 1.82) is 0 Å². The number of halogens is 1. The number of hydrogen-bond acceptors (Lipinski definition) is 5. The summed E-state index contributed by atoms with van der Waals surface area (Å²) < 4.78 is 21.3. The average Bonchev–Trinajstić information content (AvgIpc) is 3.15. The molecule has 0 radical (unpaired) electrons. The van der Waals surface area contributed by atoms with Gasteiger partial charge in [0.2, 0.25) is 5.91 Å². The zero-order valence-electron chi connectivity index (χ0n) is 17.2. The van der Waals surface area contributed by atoms with Gasteiger partial charge in [-0.3, -0.25) is 9.36 Å². The minimum atomic E-state index is -0.436. The summed E-state index contributed by atoms with van der Waals surface area (Å²) in [5.41, 5.74) is 0.841. The predicted molar refractivity (Wildman–Crippen MR) is 115 cm³/mol. The summed E-state index contributed by atoms with van der Waals surface area (Å²) in [5.74, 6) is 0.742. The summed E-state index contributed by atoms with van der Waals surface area (Å²) in [6.45, 7) is 6.15. The first kappa shape index (κ1) is 21.8. The second-order valence-electron chi connectivity index (χ2n) is 7.18. The first-order valence-corrected chi connectivity index (χ1v) is 10.7. The lowest BCUT2D eigenvalue weighted by Gasteiger charge is -2.17. The van der Waals surface area contributed by atoms with Gasteiger partial charge in [-0.15, -0.1) is 10.2 Å². The van der Waals surface area contributed by atoms with E-state index in [9.17, 15) is 9.18 Å². The minimum Gasteiger partial charge on any atom is -0.483 e. The van der Waals surface area contributed by atoms with Crippen molar-refractivity contribution in [3.05, 3.63) is 66.2 Å². The number of carbonyl (C=O) groups excluding carboxylic acids is 1. The van der Waals surface area contributed by atoms with Crippen LogP contribution in [0.4, 0.5) is 4.39 Å².